The lowest BCUT2D eigenvalue weighted by molar-refractivity contribution is -0.138. The lowest BCUT2D eigenvalue weighted by atomic mass is 9.92. The maximum absolute atomic E-state index is 12.0. The number of furan rings is 1. The number of hydrogen-bond acceptors (Lipinski definition) is 7. The fraction of sp³-hybridized carbons (Fsp3) is 0.400. The molecule has 0 spiro atoms. The fourth-order valence-corrected chi connectivity index (χ4v) is 3.49. The van der Waals surface area contributed by atoms with Crippen LogP contribution < -0.4 is 5.32 Å². The number of carbonyl (C=O) groups excluding carboxylic acids is 2. The van der Waals surface area contributed by atoms with E-state index < -0.39 is 11.9 Å². The molecule has 1 N–H and O–H groups in total. The van der Waals surface area contributed by atoms with E-state index >= 15 is 0 Å². The molecule has 3 rings (SSSR count). The van der Waals surface area contributed by atoms with Crippen LogP contribution in [0.2, 0.25) is 0 Å². The standard InChI is InChI=1S/C20H24N2O5/c1-11-10-22(3)12(2)18-14-8-13(6-7-16(14)27-19(11)18)21-15(20(24)26-5)9-17(23)25-4/h6-9,11-12,21H,10H2,1-5H3/b15-9+. The Morgan fingerprint density at radius 2 is 2.00 bits per heavy atom. The number of likely N-dealkylation sites (N-methyl/N-ethyl adjacent to an activating group) is 1. The Labute approximate surface area is 157 Å². The first-order valence-electron chi connectivity index (χ1n) is 8.77. The number of benzene rings is 1. The molecule has 27 heavy (non-hydrogen) atoms. The summed E-state index contributed by atoms with van der Waals surface area (Å²) in [6, 6.07) is 5.81. The largest absolute Gasteiger partial charge is 0.466 e. The minimum absolute atomic E-state index is 0.000373. The number of rotatable bonds is 4. The minimum Gasteiger partial charge on any atom is -0.466 e. The smallest absolute Gasteiger partial charge is 0.354 e. The van der Waals surface area contributed by atoms with Gasteiger partial charge in [-0.05, 0) is 32.2 Å². The number of nitrogens with zero attached hydrogens (tertiary/aromatic N) is 1. The Bertz CT molecular complexity index is 914. The second kappa shape index (κ2) is 7.44. The van der Waals surface area contributed by atoms with Crippen molar-refractivity contribution in [3.8, 4) is 0 Å². The predicted molar refractivity (Wildman–Crippen MR) is 101 cm³/mol. The van der Waals surface area contributed by atoms with E-state index in [-0.39, 0.29) is 11.7 Å². The van der Waals surface area contributed by atoms with Crippen molar-refractivity contribution in [3.63, 3.8) is 0 Å². The Morgan fingerprint density at radius 1 is 1.26 bits per heavy atom. The highest BCUT2D eigenvalue weighted by atomic mass is 16.5. The Morgan fingerprint density at radius 3 is 2.67 bits per heavy atom. The van der Waals surface area contributed by atoms with Gasteiger partial charge in [0, 0.05) is 35.1 Å². The van der Waals surface area contributed by atoms with E-state index in [1.807, 2.05) is 12.1 Å². The van der Waals surface area contributed by atoms with Gasteiger partial charge in [0.05, 0.1) is 20.3 Å². The summed E-state index contributed by atoms with van der Waals surface area (Å²) in [5.41, 5.74) is 2.61. The summed E-state index contributed by atoms with van der Waals surface area (Å²) < 4.78 is 15.4. The van der Waals surface area contributed by atoms with Gasteiger partial charge in [0.15, 0.2) is 0 Å². The maximum atomic E-state index is 12.0. The van der Waals surface area contributed by atoms with E-state index in [0.29, 0.717) is 11.6 Å². The van der Waals surface area contributed by atoms with Gasteiger partial charge >= 0.3 is 11.9 Å². The van der Waals surface area contributed by atoms with Crippen molar-refractivity contribution < 1.29 is 23.5 Å². The monoisotopic (exact) mass is 372 g/mol. The minimum atomic E-state index is -0.656. The van der Waals surface area contributed by atoms with Gasteiger partial charge in [-0.3, -0.25) is 4.90 Å². The summed E-state index contributed by atoms with van der Waals surface area (Å²) in [5.74, 6) is 0.00564. The second-order valence-corrected chi connectivity index (χ2v) is 6.81. The third-order valence-electron chi connectivity index (χ3n) is 4.99. The van der Waals surface area contributed by atoms with Gasteiger partial charge in [0.25, 0.3) is 0 Å². The van der Waals surface area contributed by atoms with Crippen LogP contribution in [0.1, 0.15) is 37.1 Å². The fourth-order valence-electron chi connectivity index (χ4n) is 3.49. The van der Waals surface area contributed by atoms with Crippen LogP contribution in [0.25, 0.3) is 11.0 Å². The van der Waals surface area contributed by atoms with Crippen LogP contribution in [0.5, 0.6) is 0 Å². The molecule has 1 aliphatic heterocycles. The molecule has 0 saturated carbocycles. The van der Waals surface area contributed by atoms with E-state index in [1.54, 1.807) is 6.07 Å². The number of esters is 2. The number of hydrogen-bond donors (Lipinski definition) is 1. The molecule has 0 fully saturated rings. The molecule has 0 radical (unpaired) electrons. The summed E-state index contributed by atoms with van der Waals surface area (Å²) in [6.45, 7) is 5.24. The molecule has 2 atom stereocenters. The van der Waals surface area contributed by atoms with Crippen LogP contribution in [0.4, 0.5) is 5.69 Å². The summed E-state index contributed by atoms with van der Waals surface area (Å²) >= 11 is 0. The zero-order valence-electron chi connectivity index (χ0n) is 16.2. The van der Waals surface area contributed by atoms with Crippen LogP contribution in [0.15, 0.2) is 34.4 Å². The maximum Gasteiger partial charge on any atom is 0.354 e. The van der Waals surface area contributed by atoms with Gasteiger partial charge in [-0.2, -0.15) is 0 Å². The number of methoxy groups -OCH3 is 2. The number of anilines is 1. The average molecular weight is 372 g/mol. The summed E-state index contributed by atoms with van der Waals surface area (Å²) in [4.78, 5) is 25.8. The Balaban J connectivity index is 2.02. The molecule has 1 aromatic heterocycles. The second-order valence-electron chi connectivity index (χ2n) is 6.81. The van der Waals surface area contributed by atoms with Gasteiger partial charge in [0.1, 0.15) is 17.0 Å². The van der Waals surface area contributed by atoms with E-state index in [0.717, 1.165) is 34.9 Å². The summed E-state index contributed by atoms with van der Waals surface area (Å²) in [5, 5.41) is 3.94. The van der Waals surface area contributed by atoms with Crippen LogP contribution in [-0.2, 0) is 19.1 Å². The molecule has 2 aromatic rings. The molecule has 2 heterocycles. The van der Waals surface area contributed by atoms with Crippen LogP contribution in [0, 0.1) is 0 Å². The number of nitrogens with one attached hydrogen (secondary N) is 1. The quantitative estimate of drug-likeness (QED) is 0.652. The Hall–Kier alpha value is -2.80. The third-order valence-corrected chi connectivity index (χ3v) is 4.99. The molecule has 0 aliphatic carbocycles. The van der Waals surface area contributed by atoms with Gasteiger partial charge in [0.2, 0.25) is 0 Å². The molecule has 2 unspecified atom stereocenters. The highest BCUT2D eigenvalue weighted by Crippen LogP contribution is 2.42. The highest BCUT2D eigenvalue weighted by Gasteiger charge is 2.31. The first kappa shape index (κ1) is 19.0. The number of carbonyl (C=O) groups is 2. The number of fused-ring (bicyclic) bond motifs is 3. The average Bonchev–Trinajstić information content (AvgIpc) is 3.04. The molecular weight excluding hydrogens is 348 g/mol. The molecule has 0 amide bonds. The van der Waals surface area contributed by atoms with Gasteiger partial charge in [-0.1, -0.05) is 6.92 Å². The molecule has 1 aliphatic rings. The van der Waals surface area contributed by atoms with Crippen molar-refractivity contribution in [1.82, 2.24) is 4.90 Å². The third kappa shape index (κ3) is 3.55. The topological polar surface area (TPSA) is 81.0 Å². The zero-order valence-corrected chi connectivity index (χ0v) is 16.2. The summed E-state index contributed by atoms with van der Waals surface area (Å²) in [7, 11) is 4.60. The SMILES string of the molecule is COC(=O)/C=C(/Nc1ccc2oc3c(c2c1)C(C)N(C)CC3C)C(=O)OC. The van der Waals surface area contributed by atoms with Crippen LogP contribution in [0.3, 0.4) is 0 Å². The lowest BCUT2D eigenvalue weighted by Gasteiger charge is -2.33. The molecule has 0 saturated heterocycles. The zero-order chi connectivity index (χ0) is 19.7. The van der Waals surface area contributed by atoms with E-state index in [4.69, 9.17) is 9.15 Å². The molecule has 144 valence electrons. The molecule has 1 aromatic carbocycles. The number of ether oxygens (including phenoxy) is 2. The Kier molecular flexibility index (Phi) is 5.23. The van der Waals surface area contributed by atoms with E-state index in [2.05, 4.69) is 35.8 Å². The van der Waals surface area contributed by atoms with Crippen LogP contribution in [-0.4, -0.2) is 44.7 Å². The van der Waals surface area contributed by atoms with Crippen molar-refractivity contribution in [2.45, 2.75) is 25.8 Å². The van der Waals surface area contributed by atoms with Gasteiger partial charge < -0.3 is 19.2 Å². The van der Waals surface area contributed by atoms with Crippen LogP contribution >= 0.6 is 0 Å². The van der Waals surface area contributed by atoms with Crippen molar-refractivity contribution >= 4 is 28.6 Å². The van der Waals surface area contributed by atoms with Gasteiger partial charge in [-0.15, -0.1) is 0 Å². The van der Waals surface area contributed by atoms with E-state index in [9.17, 15) is 9.59 Å². The highest BCUT2D eigenvalue weighted by molar-refractivity contribution is 5.99. The normalized spacial score (nSPS) is 20.3. The van der Waals surface area contributed by atoms with Crippen molar-refractivity contribution in [3.05, 3.63) is 41.3 Å². The molecule has 0 bridgehead atoms. The predicted octanol–water partition coefficient (Wildman–Crippen LogP) is 3.18. The first-order chi connectivity index (χ1) is 12.8. The molecule has 7 nitrogen and oxygen atoms in total. The molecule has 7 heteroatoms. The van der Waals surface area contributed by atoms with Gasteiger partial charge in [-0.25, -0.2) is 9.59 Å². The van der Waals surface area contributed by atoms with E-state index in [1.165, 1.54) is 14.2 Å². The van der Waals surface area contributed by atoms with Crippen molar-refractivity contribution in [2.24, 2.45) is 0 Å². The van der Waals surface area contributed by atoms with Crippen molar-refractivity contribution in [2.75, 3.05) is 33.1 Å². The van der Waals surface area contributed by atoms with Crippen molar-refractivity contribution in [1.29, 1.82) is 0 Å². The lowest BCUT2D eigenvalue weighted by Crippen LogP contribution is -2.31. The molecular formula is C20H24N2O5. The first-order valence-corrected chi connectivity index (χ1v) is 8.77. The summed E-state index contributed by atoms with van der Waals surface area (Å²) in [6.07, 6.45) is 1.07.